The molecule has 6 heteroatoms. The number of nitrogens with one attached hydrogen (secondary N) is 2. The van der Waals surface area contributed by atoms with Crippen LogP contribution in [-0.2, 0) is 0 Å². The monoisotopic (exact) mass is 432 g/mol. The predicted molar refractivity (Wildman–Crippen MR) is 86.6 cm³/mol. The van der Waals surface area contributed by atoms with Gasteiger partial charge in [-0.15, -0.1) is 0 Å². The van der Waals surface area contributed by atoms with Gasteiger partial charge in [0.05, 0.1) is 0 Å². The highest BCUT2D eigenvalue weighted by atomic mass is 127. The van der Waals surface area contributed by atoms with Crippen LogP contribution in [0.15, 0.2) is 39.7 Å². The molecule has 0 aliphatic carbocycles. The van der Waals surface area contributed by atoms with Crippen molar-refractivity contribution in [2.24, 2.45) is 0 Å². The van der Waals surface area contributed by atoms with Gasteiger partial charge in [-0.05, 0) is 69.2 Å². The van der Waals surface area contributed by atoms with E-state index in [2.05, 4.69) is 48.8 Å². The summed E-state index contributed by atoms with van der Waals surface area (Å²) >= 11 is 5.41. The molecule has 0 aliphatic rings. The summed E-state index contributed by atoms with van der Waals surface area (Å²) < 4.78 is 1.70. The van der Waals surface area contributed by atoms with E-state index in [1.165, 1.54) is 6.20 Å². The molecule has 2 aromatic rings. The smallest absolute Gasteiger partial charge is 0.271 e. The van der Waals surface area contributed by atoms with Gasteiger partial charge in [0, 0.05) is 19.8 Å². The van der Waals surface area contributed by atoms with Crippen LogP contribution in [0.1, 0.15) is 15.9 Å². The van der Waals surface area contributed by atoms with Gasteiger partial charge in [-0.2, -0.15) is 0 Å². The second-order valence-corrected chi connectivity index (χ2v) is 6.06. The number of aryl methyl sites for hydroxylation is 1. The fourth-order valence-electron chi connectivity index (χ4n) is 1.48. The average molecular weight is 433 g/mol. The SMILES string of the molecule is Cc1ccc(C(=O)Nc2cc(Br)c[nH]c2=O)cc1I. The van der Waals surface area contributed by atoms with E-state index in [-0.39, 0.29) is 17.2 Å². The van der Waals surface area contributed by atoms with Gasteiger partial charge in [0.15, 0.2) is 0 Å². The molecule has 2 rings (SSSR count). The molecule has 1 heterocycles. The van der Waals surface area contributed by atoms with Gasteiger partial charge in [0.1, 0.15) is 5.69 Å². The number of benzene rings is 1. The zero-order chi connectivity index (χ0) is 14.0. The third-order valence-electron chi connectivity index (χ3n) is 2.55. The van der Waals surface area contributed by atoms with E-state index < -0.39 is 0 Å². The maximum atomic E-state index is 12.1. The minimum atomic E-state index is -0.335. The second-order valence-electron chi connectivity index (χ2n) is 3.98. The van der Waals surface area contributed by atoms with E-state index in [9.17, 15) is 9.59 Å². The van der Waals surface area contributed by atoms with E-state index in [1.807, 2.05) is 13.0 Å². The third-order valence-corrected chi connectivity index (χ3v) is 4.17. The number of H-pyrrole nitrogens is 1. The number of pyridine rings is 1. The first-order valence-electron chi connectivity index (χ1n) is 5.43. The zero-order valence-corrected chi connectivity index (χ0v) is 13.7. The maximum absolute atomic E-state index is 12.1. The minimum absolute atomic E-state index is 0.218. The van der Waals surface area contributed by atoms with Crippen LogP contribution in [0.4, 0.5) is 5.69 Å². The molecule has 1 amide bonds. The highest BCUT2D eigenvalue weighted by Gasteiger charge is 2.10. The average Bonchev–Trinajstić information content (AvgIpc) is 2.37. The standard InChI is InChI=1S/C13H10BrIN2O2/c1-7-2-3-8(4-10(7)15)12(18)17-11-5-9(14)6-16-13(11)19/h2-6H,1H3,(H,16,19)(H,17,18). The van der Waals surface area contributed by atoms with Crippen molar-refractivity contribution in [2.75, 3.05) is 5.32 Å². The Kier molecular flexibility index (Phi) is 4.41. The largest absolute Gasteiger partial charge is 0.326 e. The molecule has 0 fully saturated rings. The molecular formula is C13H10BrIN2O2. The van der Waals surface area contributed by atoms with Crippen molar-refractivity contribution >= 4 is 50.1 Å². The summed E-state index contributed by atoms with van der Waals surface area (Å²) in [6.45, 7) is 1.97. The number of hydrogen-bond acceptors (Lipinski definition) is 2. The van der Waals surface area contributed by atoms with Gasteiger partial charge in [-0.3, -0.25) is 9.59 Å². The Morgan fingerprint density at radius 2 is 2.11 bits per heavy atom. The number of rotatable bonds is 2. The molecular weight excluding hydrogens is 423 g/mol. The summed E-state index contributed by atoms with van der Waals surface area (Å²) in [6.07, 6.45) is 1.52. The lowest BCUT2D eigenvalue weighted by atomic mass is 10.1. The molecule has 19 heavy (non-hydrogen) atoms. The Balaban J connectivity index is 2.28. The van der Waals surface area contributed by atoms with E-state index in [0.29, 0.717) is 10.0 Å². The van der Waals surface area contributed by atoms with Crippen LogP contribution in [0.3, 0.4) is 0 Å². The number of carbonyl (C=O) groups excluding carboxylic acids is 1. The zero-order valence-electron chi connectivity index (χ0n) is 9.96. The van der Waals surface area contributed by atoms with Crippen molar-refractivity contribution in [2.45, 2.75) is 6.92 Å². The van der Waals surface area contributed by atoms with Gasteiger partial charge in [-0.25, -0.2) is 0 Å². The van der Waals surface area contributed by atoms with Crippen molar-refractivity contribution in [3.05, 3.63) is 60.0 Å². The minimum Gasteiger partial charge on any atom is -0.326 e. The van der Waals surface area contributed by atoms with Crippen molar-refractivity contribution in [1.29, 1.82) is 0 Å². The molecule has 0 unspecified atom stereocenters. The lowest BCUT2D eigenvalue weighted by molar-refractivity contribution is 0.102. The van der Waals surface area contributed by atoms with E-state index in [4.69, 9.17) is 0 Å². The fourth-order valence-corrected chi connectivity index (χ4v) is 2.34. The van der Waals surface area contributed by atoms with Crippen LogP contribution >= 0.6 is 38.5 Å². The number of anilines is 1. The summed E-state index contributed by atoms with van der Waals surface area (Å²) in [5, 5.41) is 2.60. The molecule has 0 bridgehead atoms. The van der Waals surface area contributed by atoms with Crippen LogP contribution in [0.25, 0.3) is 0 Å². The fraction of sp³-hybridized carbons (Fsp3) is 0.0769. The Morgan fingerprint density at radius 1 is 1.37 bits per heavy atom. The van der Waals surface area contributed by atoms with Gasteiger partial charge in [0.2, 0.25) is 0 Å². The van der Waals surface area contributed by atoms with Gasteiger partial charge < -0.3 is 10.3 Å². The number of amides is 1. The van der Waals surface area contributed by atoms with E-state index in [1.54, 1.807) is 18.2 Å². The summed E-state index contributed by atoms with van der Waals surface area (Å²) in [7, 11) is 0. The molecule has 0 saturated carbocycles. The van der Waals surface area contributed by atoms with Crippen LogP contribution in [0, 0.1) is 10.5 Å². The van der Waals surface area contributed by atoms with Gasteiger partial charge >= 0.3 is 0 Å². The topological polar surface area (TPSA) is 62.0 Å². The number of aromatic nitrogens is 1. The summed E-state index contributed by atoms with van der Waals surface area (Å²) in [4.78, 5) is 26.2. The van der Waals surface area contributed by atoms with Crippen LogP contribution < -0.4 is 10.9 Å². The van der Waals surface area contributed by atoms with Crippen molar-refractivity contribution in [1.82, 2.24) is 4.98 Å². The molecule has 0 radical (unpaired) electrons. The Labute approximate surface area is 131 Å². The number of hydrogen-bond donors (Lipinski definition) is 2. The molecule has 98 valence electrons. The van der Waals surface area contributed by atoms with Crippen molar-refractivity contribution in [3.8, 4) is 0 Å². The first-order valence-corrected chi connectivity index (χ1v) is 7.30. The van der Waals surface area contributed by atoms with Crippen LogP contribution in [0.2, 0.25) is 0 Å². The summed E-state index contributed by atoms with van der Waals surface area (Å²) in [5.74, 6) is -0.304. The Bertz CT molecular complexity index is 697. The van der Waals surface area contributed by atoms with E-state index >= 15 is 0 Å². The normalized spacial score (nSPS) is 10.3. The summed E-state index contributed by atoms with van der Waals surface area (Å²) in [5.41, 5.74) is 1.51. The number of carbonyl (C=O) groups is 1. The quantitative estimate of drug-likeness (QED) is 0.715. The molecule has 1 aromatic heterocycles. The van der Waals surface area contributed by atoms with Crippen LogP contribution in [-0.4, -0.2) is 10.9 Å². The number of halogens is 2. The lowest BCUT2D eigenvalue weighted by Gasteiger charge is -2.06. The second kappa shape index (κ2) is 5.87. The maximum Gasteiger partial charge on any atom is 0.271 e. The first-order chi connectivity index (χ1) is 8.97. The Hall–Kier alpha value is -1.15. The van der Waals surface area contributed by atoms with Gasteiger partial charge in [0.25, 0.3) is 11.5 Å². The lowest BCUT2D eigenvalue weighted by Crippen LogP contribution is -2.19. The van der Waals surface area contributed by atoms with Crippen molar-refractivity contribution in [3.63, 3.8) is 0 Å². The molecule has 0 saturated heterocycles. The molecule has 1 aromatic carbocycles. The number of aromatic amines is 1. The van der Waals surface area contributed by atoms with Gasteiger partial charge in [-0.1, -0.05) is 6.07 Å². The van der Waals surface area contributed by atoms with Crippen LogP contribution in [0.5, 0.6) is 0 Å². The highest BCUT2D eigenvalue weighted by Crippen LogP contribution is 2.15. The third kappa shape index (κ3) is 3.44. The first kappa shape index (κ1) is 14.3. The molecule has 0 atom stereocenters. The molecule has 4 nitrogen and oxygen atoms in total. The molecule has 2 N–H and O–H groups in total. The summed E-state index contributed by atoms with van der Waals surface area (Å²) in [6, 6.07) is 6.97. The van der Waals surface area contributed by atoms with E-state index in [0.717, 1.165) is 9.13 Å². The molecule has 0 spiro atoms. The van der Waals surface area contributed by atoms with Crippen molar-refractivity contribution < 1.29 is 4.79 Å². The predicted octanol–water partition coefficient (Wildman–Crippen LogP) is 3.30. The molecule has 0 aliphatic heterocycles. The highest BCUT2D eigenvalue weighted by molar-refractivity contribution is 14.1. The Morgan fingerprint density at radius 3 is 2.79 bits per heavy atom.